The third-order valence-electron chi connectivity index (χ3n) is 4.11. The summed E-state index contributed by atoms with van der Waals surface area (Å²) in [4.78, 5) is 23.0. The van der Waals surface area contributed by atoms with Crippen molar-refractivity contribution in [3.8, 4) is 5.88 Å². The molecule has 0 saturated carbocycles. The normalized spacial score (nSPS) is 11.4. The largest absolute Gasteiger partial charge is 0.480 e. The molecule has 24 heavy (non-hydrogen) atoms. The van der Waals surface area contributed by atoms with E-state index in [1.807, 2.05) is 6.20 Å². The summed E-state index contributed by atoms with van der Waals surface area (Å²) >= 11 is 0. The molecule has 0 bridgehead atoms. The van der Waals surface area contributed by atoms with Crippen molar-refractivity contribution in [1.29, 1.82) is 0 Å². The Hall–Kier alpha value is -2.56. The van der Waals surface area contributed by atoms with Crippen LogP contribution in [-0.4, -0.2) is 22.1 Å². The predicted octanol–water partition coefficient (Wildman–Crippen LogP) is 3.36. The number of aromatic amines is 2. The van der Waals surface area contributed by atoms with Crippen molar-refractivity contribution in [2.24, 2.45) is 5.92 Å². The summed E-state index contributed by atoms with van der Waals surface area (Å²) in [6.07, 6.45) is 3.18. The molecule has 126 valence electrons. The molecule has 0 saturated heterocycles. The lowest BCUT2D eigenvalue weighted by molar-refractivity contribution is 0.386. The number of nitrogens with zero attached hydrogens (tertiary/aromatic N) is 1. The van der Waals surface area contributed by atoms with Crippen LogP contribution in [0.1, 0.15) is 36.4 Å². The van der Waals surface area contributed by atoms with Gasteiger partial charge in [-0.1, -0.05) is 25.5 Å². The molecule has 2 aromatic heterocycles. The van der Waals surface area contributed by atoms with Gasteiger partial charge in [-0.2, -0.15) is 0 Å². The number of aryl methyl sites for hydroxylation is 1. The molecule has 0 atom stereocenters. The topological polar surface area (TPSA) is 70.8 Å². The average molecular weight is 325 g/mol. The van der Waals surface area contributed by atoms with E-state index in [4.69, 9.17) is 4.74 Å². The van der Waals surface area contributed by atoms with Gasteiger partial charge in [0.15, 0.2) is 0 Å². The summed E-state index contributed by atoms with van der Waals surface area (Å²) in [6, 6.07) is 6.29. The van der Waals surface area contributed by atoms with Gasteiger partial charge in [0.05, 0.1) is 12.8 Å². The van der Waals surface area contributed by atoms with Crippen LogP contribution in [0.15, 0.2) is 29.2 Å². The van der Waals surface area contributed by atoms with Gasteiger partial charge >= 0.3 is 0 Å². The van der Waals surface area contributed by atoms with Gasteiger partial charge in [0.2, 0.25) is 5.88 Å². The Morgan fingerprint density at radius 2 is 2.08 bits per heavy atom. The zero-order valence-corrected chi connectivity index (χ0v) is 14.6. The van der Waals surface area contributed by atoms with Gasteiger partial charge in [-0.15, -0.1) is 0 Å². The van der Waals surface area contributed by atoms with Crippen molar-refractivity contribution in [3.63, 3.8) is 0 Å². The maximum atomic E-state index is 12.3. The summed E-state index contributed by atoms with van der Waals surface area (Å²) in [6.45, 7) is 6.20. The standard InChI is InChI=1S/C19H23N3O2/c1-11(2)7-16-18(23)21-17(19(22-16)24-4)9-13-10-20-15-6-5-12(3)8-14(13)15/h5-6,8,10-11,20H,7,9H2,1-4H3,(H,21,23). The van der Waals surface area contributed by atoms with Crippen LogP contribution in [0.3, 0.4) is 0 Å². The predicted molar refractivity (Wildman–Crippen MR) is 95.8 cm³/mol. The molecule has 0 amide bonds. The van der Waals surface area contributed by atoms with Crippen LogP contribution >= 0.6 is 0 Å². The maximum Gasteiger partial charge on any atom is 0.270 e. The number of fused-ring (bicyclic) bond motifs is 1. The number of ether oxygens (including phenoxy) is 1. The minimum absolute atomic E-state index is 0.129. The number of benzene rings is 1. The summed E-state index contributed by atoms with van der Waals surface area (Å²) in [5.41, 5.74) is 4.50. The van der Waals surface area contributed by atoms with E-state index in [0.29, 0.717) is 36.0 Å². The monoisotopic (exact) mass is 325 g/mol. The van der Waals surface area contributed by atoms with Gasteiger partial charge in [-0.05, 0) is 37.0 Å². The Morgan fingerprint density at radius 3 is 2.79 bits per heavy atom. The van der Waals surface area contributed by atoms with Gasteiger partial charge in [0.25, 0.3) is 5.56 Å². The Morgan fingerprint density at radius 1 is 1.29 bits per heavy atom. The van der Waals surface area contributed by atoms with E-state index < -0.39 is 0 Å². The summed E-state index contributed by atoms with van der Waals surface area (Å²) in [5.74, 6) is 0.859. The third-order valence-corrected chi connectivity index (χ3v) is 4.11. The van der Waals surface area contributed by atoms with E-state index in [1.54, 1.807) is 7.11 Å². The van der Waals surface area contributed by atoms with Gasteiger partial charge in [-0.3, -0.25) is 4.79 Å². The van der Waals surface area contributed by atoms with E-state index in [9.17, 15) is 4.79 Å². The van der Waals surface area contributed by atoms with E-state index in [1.165, 1.54) is 5.56 Å². The number of rotatable bonds is 5. The first-order chi connectivity index (χ1) is 11.5. The maximum absolute atomic E-state index is 12.3. The summed E-state index contributed by atoms with van der Waals surface area (Å²) in [5, 5.41) is 1.16. The molecule has 0 aliphatic carbocycles. The molecule has 0 unspecified atom stereocenters. The van der Waals surface area contributed by atoms with E-state index in [-0.39, 0.29) is 5.56 Å². The van der Waals surface area contributed by atoms with Crippen LogP contribution in [0.4, 0.5) is 0 Å². The van der Waals surface area contributed by atoms with Gasteiger partial charge in [-0.25, -0.2) is 4.98 Å². The fraction of sp³-hybridized carbons (Fsp3) is 0.368. The second-order valence-electron chi connectivity index (χ2n) is 6.64. The minimum Gasteiger partial charge on any atom is -0.480 e. The van der Waals surface area contributed by atoms with Gasteiger partial charge < -0.3 is 14.7 Å². The summed E-state index contributed by atoms with van der Waals surface area (Å²) in [7, 11) is 1.59. The molecule has 2 N–H and O–H groups in total. The van der Waals surface area contributed by atoms with Crippen LogP contribution in [0.2, 0.25) is 0 Å². The van der Waals surface area contributed by atoms with Crippen LogP contribution in [0.25, 0.3) is 10.9 Å². The molecule has 1 aromatic carbocycles. The number of aromatic nitrogens is 3. The quantitative estimate of drug-likeness (QED) is 0.755. The molecule has 3 aromatic rings. The Labute approximate surface area is 141 Å². The van der Waals surface area contributed by atoms with E-state index in [0.717, 1.165) is 16.5 Å². The van der Waals surface area contributed by atoms with Gasteiger partial charge in [0.1, 0.15) is 5.69 Å². The van der Waals surface area contributed by atoms with Gasteiger partial charge in [0, 0.05) is 23.5 Å². The van der Waals surface area contributed by atoms with Crippen LogP contribution in [0, 0.1) is 12.8 Å². The molecule has 0 fully saturated rings. The first-order valence-corrected chi connectivity index (χ1v) is 8.20. The number of methoxy groups -OCH3 is 1. The average Bonchev–Trinajstić information content (AvgIpc) is 2.92. The minimum atomic E-state index is -0.129. The highest BCUT2D eigenvalue weighted by atomic mass is 16.5. The Bertz CT molecular complexity index is 922. The molecular weight excluding hydrogens is 302 g/mol. The first kappa shape index (κ1) is 16.3. The van der Waals surface area contributed by atoms with Crippen molar-refractivity contribution in [2.75, 3.05) is 7.11 Å². The molecule has 3 rings (SSSR count). The lowest BCUT2D eigenvalue weighted by Gasteiger charge is -2.10. The molecule has 2 heterocycles. The smallest absolute Gasteiger partial charge is 0.270 e. The van der Waals surface area contributed by atoms with Crippen molar-refractivity contribution in [1.82, 2.24) is 15.0 Å². The Kier molecular flexibility index (Phi) is 4.42. The fourth-order valence-electron chi connectivity index (χ4n) is 2.95. The third kappa shape index (κ3) is 3.20. The van der Waals surface area contributed by atoms with Crippen molar-refractivity contribution >= 4 is 10.9 Å². The first-order valence-electron chi connectivity index (χ1n) is 8.20. The highest BCUT2D eigenvalue weighted by Crippen LogP contribution is 2.24. The highest BCUT2D eigenvalue weighted by Gasteiger charge is 2.14. The second-order valence-corrected chi connectivity index (χ2v) is 6.64. The lowest BCUT2D eigenvalue weighted by Crippen LogP contribution is -2.20. The van der Waals surface area contributed by atoms with Crippen LogP contribution in [-0.2, 0) is 12.8 Å². The van der Waals surface area contributed by atoms with E-state index >= 15 is 0 Å². The van der Waals surface area contributed by atoms with Crippen LogP contribution < -0.4 is 10.3 Å². The summed E-state index contributed by atoms with van der Waals surface area (Å²) < 4.78 is 5.42. The number of hydrogen-bond acceptors (Lipinski definition) is 3. The molecule has 0 radical (unpaired) electrons. The Balaban J connectivity index is 2.01. The van der Waals surface area contributed by atoms with Crippen molar-refractivity contribution in [3.05, 3.63) is 57.3 Å². The van der Waals surface area contributed by atoms with Crippen molar-refractivity contribution < 1.29 is 4.74 Å². The second kappa shape index (κ2) is 6.51. The lowest BCUT2D eigenvalue weighted by atomic mass is 10.1. The molecule has 0 aliphatic rings. The number of H-pyrrole nitrogens is 2. The SMILES string of the molecule is COc1nc(CC(C)C)c(=O)[nH]c1Cc1c[nH]c2ccc(C)cc12. The molecule has 5 nitrogen and oxygen atoms in total. The van der Waals surface area contributed by atoms with Crippen molar-refractivity contribution in [2.45, 2.75) is 33.6 Å². The molecule has 5 heteroatoms. The van der Waals surface area contributed by atoms with E-state index in [2.05, 4.69) is 53.9 Å². The highest BCUT2D eigenvalue weighted by molar-refractivity contribution is 5.84. The zero-order chi connectivity index (χ0) is 17.3. The zero-order valence-electron chi connectivity index (χ0n) is 14.6. The molecule has 0 aliphatic heterocycles. The number of nitrogens with one attached hydrogen (secondary N) is 2. The number of hydrogen-bond donors (Lipinski definition) is 2. The van der Waals surface area contributed by atoms with Crippen LogP contribution in [0.5, 0.6) is 5.88 Å². The fourth-order valence-corrected chi connectivity index (χ4v) is 2.95. The molecule has 0 spiro atoms. The molecular formula is C19H23N3O2.